The van der Waals surface area contributed by atoms with Gasteiger partial charge in [0.1, 0.15) is 4.33 Å². The molecule has 1 N–H and O–H groups in total. The molecule has 0 aliphatic heterocycles. The highest BCUT2D eigenvalue weighted by Gasteiger charge is 2.73. The lowest BCUT2D eigenvalue weighted by Crippen LogP contribution is -2.40. The van der Waals surface area contributed by atoms with Crippen molar-refractivity contribution in [3.63, 3.8) is 0 Å². The van der Waals surface area contributed by atoms with Crippen molar-refractivity contribution in [1.82, 2.24) is 5.32 Å². The molecule has 1 fully saturated rings. The van der Waals surface area contributed by atoms with E-state index in [1.807, 2.05) is 45.0 Å². The van der Waals surface area contributed by atoms with Gasteiger partial charge in [-0.15, -0.1) is 23.2 Å². The van der Waals surface area contributed by atoms with Gasteiger partial charge in [-0.25, -0.2) is 0 Å². The van der Waals surface area contributed by atoms with Crippen LogP contribution >= 0.6 is 34.8 Å². The van der Waals surface area contributed by atoms with Crippen LogP contribution in [0.5, 0.6) is 0 Å². The molecule has 0 heterocycles. The van der Waals surface area contributed by atoms with Crippen molar-refractivity contribution in [2.45, 2.75) is 44.0 Å². The van der Waals surface area contributed by atoms with Gasteiger partial charge in [0, 0.05) is 5.02 Å². The standard InChI is InChI=1S/C16H20Cl3NO/c1-4-10(2)15(9-16(15,18)19)14(21)20-11(3)12-5-7-13(17)8-6-12/h5-8,10-11H,4,9H2,1-3H3,(H,20,21). The Balaban J connectivity index is 2.12. The van der Waals surface area contributed by atoms with E-state index in [-0.39, 0.29) is 17.9 Å². The predicted octanol–water partition coefficient (Wildman–Crippen LogP) is 5.13. The Labute approximate surface area is 141 Å². The molecule has 0 spiro atoms. The van der Waals surface area contributed by atoms with Crippen molar-refractivity contribution >= 4 is 40.7 Å². The van der Waals surface area contributed by atoms with E-state index in [1.165, 1.54) is 0 Å². The predicted molar refractivity (Wildman–Crippen MR) is 89.0 cm³/mol. The van der Waals surface area contributed by atoms with E-state index in [4.69, 9.17) is 34.8 Å². The molecule has 1 amide bonds. The number of benzene rings is 1. The van der Waals surface area contributed by atoms with Crippen molar-refractivity contribution in [3.8, 4) is 0 Å². The van der Waals surface area contributed by atoms with Gasteiger partial charge in [0.05, 0.1) is 11.5 Å². The summed E-state index contributed by atoms with van der Waals surface area (Å²) in [5, 5.41) is 3.72. The van der Waals surface area contributed by atoms with Crippen molar-refractivity contribution in [1.29, 1.82) is 0 Å². The van der Waals surface area contributed by atoms with Crippen LogP contribution in [0.3, 0.4) is 0 Å². The molecule has 3 unspecified atom stereocenters. The third kappa shape index (κ3) is 3.04. The first-order valence-electron chi connectivity index (χ1n) is 7.19. The highest BCUT2D eigenvalue weighted by Crippen LogP contribution is 2.68. The fourth-order valence-corrected chi connectivity index (χ4v) is 3.91. The van der Waals surface area contributed by atoms with Crippen LogP contribution in [-0.2, 0) is 4.79 Å². The molecule has 116 valence electrons. The Morgan fingerprint density at radius 1 is 1.29 bits per heavy atom. The van der Waals surface area contributed by atoms with Gasteiger partial charge >= 0.3 is 0 Å². The summed E-state index contributed by atoms with van der Waals surface area (Å²) < 4.78 is -0.952. The lowest BCUT2D eigenvalue weighted by Gasteiger charge is -2.26. The summed E-state index contributed by atoms with van der Waals surface area (Å²) >= 11 is 18.4. The monoisotopic (exact) mass is 347 g/mol. The van der Waals surface area contributed by atoms with Crippen molar-refractivity contribution in [2.75, 3.05) is 0 Å². The van der Waals surface area contributed by atoms with Gasteiger partial charge in [0.15, 0.2) is 0 Å². The largest absolute Gasteiger partial charge is 0.349 e. The Morgan fingerprint density at radius 2 is 1.81 bits per heavy atom. The zero-order valence-corrected chi connectivity index (χ0v) is 14.7. The Bertz CT molecular complexity index is 529. The number of hydrogen-bond acceptors (Lipinski definition) is 1. The van der Waals surface area contributed by atoms with Crippen LogP contribution in [0, 0.1) is 11.3 Å². The van der Waals surface area contributed by atoms with E-state index in [0.29, 0.717) is 11.4 Å². The van der Waals surface area contributed by atoms with Crippen molar-refractivity contribution in [3.05, 3.63) is 34.9 Å². The third-order valence-corrected chi connectivity index (χ3v) is 5.80. The second-order valence-electron chi connectivity index (χ2n) is 5.91. The van der Waals surface area contributed by atoms with Crippen LogP contribution in [-0.4, -0.2) is 10.2 Å². The minimum absolute atomic E-state index is 0.0655. The molecule has 0 aromatic heterocycles. The second-order valence-corrected chi connectivity index (χ2v) is 7.83. The van der Waals surface area contributed by atoms with E-state index in [9.17, 15) is 4.79 Å². The van der Waals surface area contributed by atoms with E-state index >= 15 is 0 Å². The minimum atomic E-state index is -0.952. The summed E-state index contributed by atoms with van der Waals surface area (Å²) in [4.78, 5) is 12.7. The van der Waals surface area contributed by atoms with Crippen LogP contribution in [0.2, 0.25) is 5.02 Å². The Morgan fingerprint density at radius 3 is 2.24 bits per heavy atom. The molecule has 1 aromatic rings. The van der Waals surface area contributed by atoms with Crippen LogP contribution in [0.25, 0.3) is 0 Å². The first-order valence-corrected chi connectivity index (χ1v) is 8.32. The molecule has 2 nitrogen and oxygen atoms in total. The fraction of sp³-hybridized carbons (Fsp3) is 0.562. The summed E-state index contributed by atoms with van der Waals surface area (Å²) in [6, 6.07) is 7.33. The first kappa shape index (κ1) is 16.9. The van der Waals surface area contributed by atoms with Gasteiger partial charge in [-0.05, 0) is 37.0 Å². The average molecular weight is 349 g/mol. The second kappa shape index (κ2) is 5.98. The molecule has 0 radical (unpaired) electrons. The van der Waals surface area contributed by atoms with Crippen molar-refractivity contribution < 1.29 is 4.79 Å². The van der Waals surface area contributed by atoms with Gasteiger partial charge < -0.3 is 5.32 Å². The molecule has 2 rings (SSSR count). The van der Waals surface area contributed by atoms with Gasteiger partial charge in [0.25, 0.3) is 0 Å². The van der Waals surface area contributed by atoms with Crippen LogP contribution in [0.4, 0.5) is 0 Å². The maximum Gasteiger partial charge on any atom is 0.230 e. The summed E-state index contributed by atoms with van der Waals surface area (Å²) in [5.41, 5.74) is 0.327. The number of amides is 1. The molecule has 5 heteroatoms. The molecule has 1 aliphatic carbocycles. The quantitative estimate of drug-likeness (QED) is 0.734. The molecule has 1 saturated carbocycles. The highest BCUT2D eigenvalue weighted by molar-refractivity contribution is 6.53. The van der Waals surface area contributed by atoms with Gasteiger partial charge in [-0.2, -0.15) is 0 Å². The molecule has 1 aromatic carbocycles. The Hall–Kier alpha value is -0.440. The van der Waals surface area contributed by atoms with E-state index in [1.54, 1.807) is 0 Å². The minimum Gasteiger partial charge on any atom is -0.349 e. The number of hydrogen-bond donors (Lipinski definition) is 1. The molecule has 0 saturated heterocycles. The van der Waals surface area contributed by atoms with Crippen molar-refractivity contribution in [2.24, 2.45) is 11.3 Å². The summed E-state index contributed by atoms with van der Waals surface area (Å²) in [6.07, 6.45) is 1.38. The van der Waals surface area contributed by atoms with Gasteiger partial charge in [-0.3, -0.25) is 4.79 Å². The van der Waals surface area contributed by atoms with Gasteiger partial charge in [0.2, 0.25) is 5.91 Å². The van der Waals surface area contributed by atoms with Crippen LogP contribution < -0.4 is 5.32 Å². The maximum atomic E-state index is 12.7. The number of carbonyl (C=O) groups is 1. The zero-order chi connectivity index (χ0) is 15.8. The molecule has 3 atom stereocenters. The maximum absolute atomic E-state index is 12.7. The number of nitrogens with one attached hydrogen (secondary N) is 1. The number of halogens is 3. The smallest absolute Gasteiger partial charge is 0.230 e. The summed E-state index contributed by atoms with van der Waals surface area (Å²) in [5.74, 6) is 0.0780. The summed E-state index contributed by atoms with van der Waals surface area (Å²) in [6.45, 7) is 6.02. The van der Waals surface area contributed by atoms with Crippen LogP contribution in [0.1, 0.15) is 45.2 Å². The molecule has 1 aliphatic rings. The lowest BCUT2D eigenvalue weighted by molar-refractivity contribution is -0.129. The molecule has 21 heavy (non-hydrogen) atoms. The van der Waals surface area contributed by atoms with Gasteiger partial charge in [-0.1, -0.05) is 44.0 Å². The SMILES string of the molecule is CCC(C)C1(C(=O)NC(C)c2ccc(Cl)cc2)CC1(Cl)Cl. The molecular formula is C16H20Cl3NO. The Kier molecular flexibility index (Phi) is 4.82. The topological polar surface area (TPSA) is 29.1 Å². The molecular weight excluding hydrogens is 329 g/mol. The third-order valence-electron chi connectivity index (χ3n) is 4.60. The highest BCUT2D eigenvalue weighted by atomic mass is 35.5. The number of carbonyl (C=O) groups excluding carboxylic acids is 1. The first-order chi connectivity index (χ1) is 9.74. The van der Waals surface area contributed by atoms with E-state index in [0.717, 1.165) is 12.0 Å². The fourth-order valence-electron chi connectivity index (χ4n) is 2.82. The average Bonchev–Trinajstić information content (AvgIpc) is 3.03. The normalized spacial score (nSPS) is 26.0. The van der Waals surface area contributed by atoms with E-state index in [2.05, 4.69) is 5.32 Å². The molecule has 0 bridgehead atoms. The lowest BCUT2D eigenvalue weighted by atomic mass is 9.87. The number of alkyl halides is 2. The van der Waals surface area contributed by atoms with Crippen LogP contribution in [0.15, 0.2) is 24.3 Å². The zero-order valence-electron chi connectivity index (χ0n) is 12.4. The number of rotatable bonds is 5. The van der Waals surface area contributed by atoms with E-state index < -0.39 is 9.75 Å². The summed E-state index contributed by atoms with van der Waals surface area (Å²) in [7, 11) is 0.